The van der Waals surface area contributed by atoms with Gasteiger partial charge in [-0.05, 0) is 19.4 Å². The third kappa shape index (κ3) is 2.76. The summed E-state index contributed by atoms with van der Waals surface area (Å²) in [5.74, 6) is 0.918. The van der Waals surface area contributed by atoms with E-state index in [0.29, 0.717) is 0 Å². The van der Waals surface area contributed by atoms with Crippen molar-refractivity contribution in [1.29, 1.82) is 0 Å². The molecular weight excluding hydrogens is 250 g/mol. The van der Waals surface area contributed by atoms with E-state index < -0.39 is 0 Å². The van der Waals surface area contributed by atoms with Gasteiger partial charge in [0.05, 0.1) is 6.20 Å². The summed E-state index contributed by atoms with van der Waals surface area (Å²) in [7, 11) is 0. The second-order valence-electron chi connectivity index (χ2n) is 5.52. The molecule has 2 aromatic rings. The largest absolute Gasteiger partial charge is 0.356 e. The number of benzene rings is 1. The fourth-order valence-electron chi connectivity index (χ4n) is 2.77. The van der Waals surface area contributed by atoms with E-state index in [1.54, 1.807) is 0 Å². The van der Waals surface area contributed by atoms with Gasteiger partial charge in [0, 0.05) is 43.9 Å². The van der Waals surface area contributed by atoms with Crippen LogP contribution >= 0.6 is 0 Å². The first-order chi connectivity index (χ1) is 9.74. The Balaban J connectivity index is 1.85. The Bertz CT molecular complexity index is 585. The SMILES string of the molecule is Cc1ccc(-c2oncc2CN2CCNCC2)c(C)c1. The Kier molecular flexibility index (Phi) is 3.85. The lowest BCUT2D eigenvalue weighted by atomic mass is 10.0. The number of hydrogen-bond donors (Lipinski definition) is 1. The summed E-state index contributed by atoms with van der Waals surface area (Å²) in [6.07, 6.45) is 1.86. The van der Waals surface area contributed by atoms with E-state index in [9.17, 15) is 0 Å². The molecule has 0 aliphatic carbocycles. The average Bonchev–Trinajstić information content (AvgIpc) is 2.88. The van der Waals surface area contributed by atoms with Crippen molar-refractivity contribution in [3.05, 3.63) is 41.1 Å². The normalized spacial score (nSPS) is 16.5. The fourth-order valence-corrected chi connectivity index (χ4v) is 2.77. The molecule has 0 amide bonds. The van der Waals surface area contributed by atoms with E-state index in [-0.39, 0.29) is 0 Å². The van der Waals surface area contributed by atoms with Gasteiger partial charge in [0.15, 0.2) is 5.76 Å². The van der Waals surface area contributed by atoms with Gasteiger partial charge in [0.25, 0.3) is 0 Å². The van der Waals surface area contributed by atoms with Gasteiger partial charge < -0.3 is 9.84 Å². The molecule has 1 aliphatic heterocycles. The number of nitrogens with one attached hydrogen (secondary N) is 1. The molecule has 0 atom stereocenters. The highest BCUT2D eigenvalue weighted by molar-refractivity contribution is 5.65. The molecule has 0 saturated carbocycles. The van der Waals surface area contributed by atoms with Gasteiger partial charge in [-0.25, -0.2) is 0 Å². The first kappa shape index (κ1) is 13.3. The van der Waals surface area contributed by atoms with Crippen LogP contribution in [0.1, 0.15) is 16.7 Å². The van der Waals surface area contributed by atoms with Crippen LogP contribution in [0.3, 0.4) is 0 Å². The third-order valence-corrected chi connectivity index (χ3v) is 3.87. The summed E-state index contributed by atoms with van der Waals surface area (Å²) >= 11 is 0. The molecule has 106 valence electrons. The summed E-state index contributed by atoms with van der Waals surface area (Å²) in [4.78, 5) is 2.44. The minimum atomic E-state index is 0.911. The zero-order chi connectivity index (χ0) is 13.9. The van der Waals surface area contributed by atoms with Gasteiger partial charge in [0.2, 0.25) is 0 Å². The van der Waals surface area contributed by atoms with Gasteiger partial charge in [-0.3, -0.25) is 4.90 Å². The van der Waals surface area contributed by atoms with Crippen molar-refractivity contribution in [2.24, 2.45) is 0 Å². The third-order valence-electron chi connectivity index (χ3n) is 3.87. The number of aryl methyl sites for hydroxylation is 2. The van der Waals surface area contributed by atoms with E-state index in [0.717, 1.165) is 44.0 Å². The molecule has 20 heavy (non-hydrogen) atoms. The Morgan fingerprint density at radius 2 is 2.05 bits per heavy atom. The first-order valence-electron chi connectivity index (χ1n) is 7.18. The smallest absolute Gasteiger partial charge is 0.171 e. The van der Waals surface area contributed by atoms with Crippen molar-refractivity contribution in [1.82, 2.24) is 15.4 Å². The van der Waals surface area contributed by atoms with Crippen molar-refractivity contribution >= 4 is 0 Å². The molecule has 1 saturated heterocycles. The highest BCUT2D eigenvalue weighted by Crippen LogP contribution is 2.28. The topological polar surface area (TPSA) is 41.3 Å². The van der Waals surface area contributed by atoms with E-state index >= 15 is 0 Å². The maximum absolute atomic E-state index is 5.52. The van der Waals surface area contributed by atoms with Crippen LogP contribution in [0.25, 0.3) is 11.3 Å². The average molecular weight is 271 g/mol. The van der Waals surface area contributed by atoms with Gasteiger partial charge in [-0.15, -0.1) is 0 Å². The molecule has 1 aromatic carbocycles. The summed E-state index contributed by atoms with van der Waals surface area (Å²) in [6.45, 7) is 9.43. The van der Waals surface area contributed by atoms with E-state index in [2.05, 4.69) is 47.4 Å². The molecule has 0 unspecified atom stereocenters. The Morgan fingerprint density at radius 1 is 1.25 bits per heavy atom. The summed E-state index contributed by atoms with van der Waals surface area (Å²) < 4.78 is 5.52. The molecule has 2 heterocycles. The van der Waals surface area contributed by atoms with Crippen molar-refractivity contribution in [2.75, 3.05) is 26.2 Å². The molecule has 1 fully saturated rings. The molecule has 4 nitrogen and oxygen atoms in total. The summed E-state index contributed by atoms with van der Waals surface area (Å²) in [5, 5.41) is 7.39. The molecule has 0 spiro atoms. The van der Waals surface area contributed by atoms with Crippen molar-refractivity contribution in [3.63, 3.8) is 0 Å². The van der Waals surface area contributed by atoms with E-state index in [4.69, 9.17) is 4.52 Å². The van der Waals surface area contributed by atoms with Crippen LogP contribution in [0.5, 0.6) is 0 Å². The van der Waals surface area contributed by atoms with E-state index in [1.807, 2.05) is 6.20 Å². The highest BCUT2D eigenvalue weighted by Gasteiger charge is 2.17. The van der Waals surface area contributed by atoms with Crippen LogP contribution in [0.15, 0.2) is 28.9 Å². The van der Waals surface area contributed by atoms with Gasteiger partial charge >= 0.3 is 0 Å². The fraction of sp³-hybridized carbons (Fsp3) is 0.438. The predicted molar refractivity (Wildman–Crippen MR) is 79.6 cm³/mol. The second kappa shape index (κ2) is 5.77. The zero-order valence-corrected chi connectivity index (χ0v) is 12.1. The summed E-state index contributed by atoms with van der Waals surface area (Å²) in [5.41, 5.74) is 4.84. The molecule has 0 radical (unpaired) electrons. The van der Waals surface area contributed by atoms with Crippen LogP contribution in [-0.2, 0) is 6.54 Å². The minimum absolute atomic E-state index is 0.911. The predicted octanol–water partition coefficient (Wildman–Crippen LogP) is 2.36. The first-order valence-corrected chi connectivity index (χ1v) is 7.18. The number of piperazine rings is 1. The molecule has 0 bridgehead atoms. The van der Waals surface area contributed by atoms with Crippen LogP contribution < -0.4 is 5.32 Å². The number of nitrogens with zero attached hydrogens (tertiary/aromatic N) is 2. The number of hydrogen-bond acceptors (Lipinski definition) is 4. The lowest BCUT2D eigenvalue weighted by Crippen LogP contribution is -2.42. The maximum atomic E-state index is 5.52. The van der Waals surface area contributed by atoms with Crippen molar-refractivity contribution in [3.8, 4) is 11.3 Å². The van der Waals surface area contributed by atoms with Crippen LogP contribution in [0.4, 0.5) is 0 Å². The zero-order valence-electron chi connectivity index (χ0n) is 12.1. The Morgan fingerprint density at radius 3 is 2.80 bits per heavy atom. The Hall–Kier alpha value is -1.65. The van der Waals surface area contributed by atoms with Gasteiger partial charge in [-0.1, -0.05) is 28.9 Å². The quantitative estimate of drug-likeness (QED) is 0.930. The Labute approximate surface area is 119 Å². The second-order valence-corrected chi connectivity index (χ2v) is 5.52. The van der Waals surface area contributed by atoms with Crippen LogP contribution in [0.2, 0.25) is 0 Å². The van der Waals surface area contributed by atoms with E-state index in [1.165, 1.54) is 16.7 Å². The summed E-state index contributed by atoms with van der Waals surface area (Å²) in [6, 6.07) is 6.44. The molecule has 1 aliphatic rings. The van der Waals surface area contributed by atoms with Crippen LogP contribution in [-0.4, -0.2) is 36.2 Å². The molecule has 4 heteroatoms. The minimum Gasteiger partial charge on any atom is -0.356 e. The molecule has 3 rings (SSSR count). The van der Waals surface area contributed by atoms with Crippen molar-refractivity contribution in [2.45, 2.75) is 20.4 Å². The maximum Gasteiger partial charge on any atom is 0.171 e. The highest BCUT2D eigenvalue weighted by atomic mass is 16.5. The van der Waals surface area contributed by atoms with Crippen LogP contribution in [0, 0.1) is 13.8 Å². The van der Waals surface area contributed by atoms with Crippen molar-refractivity contribution < 1.29 is 4.52 Å². The molecule has 1 aromatic heterocycles. The lowest BCUT2D eigenvalue weighted by molar-refractivity contribution is 0.233. The van der Waals surface area contributed by atoms with Gasteiger partial charge in [-0.2, -0.15) is 0 Å². The number of rotatable bonds is 3. The molecule has 1 N–H and O–H groups in total. The number of aromatic nitrogens is 1. The standard InChI is InChI=1S/C16H21N3O/c1-12-3-4-15(13(2)9-12)16-14(10-18-20-16)11-19-7-5-17-6-8-19/h3-4,9-10,17H,5-8,11H2,1-2H3. The monoisotopic (exact) mass is 271 g/mol. The lowest BCUT2D eigenvalue weighted by Gasteiger charge is -2.26. The van der Waals surface area contributed by atoms with Gasteiger partial charge in [0.1, 0.15) is 0 Å². The molecular formula is C16H21N3O.